The van der Waals surface area contributed by atoms with Gasteiger partial charge in [0.05, 0.1) is 22.5 Å². The van der Waals surface area contributed by atoms with Crippen molar-refractivity contribution in [1.82, 2.24) is 9.97 Å². The van der Waals surface area contributed by atoms with Crippen LogP contribution in [0.3, 0.4) is 0 Å². The molecule has 0 amide bonds. The van der Waals surface area contributed by atoms with Gasteiger partial charge in [0.2, 0.25) is 0 Å². The molecule has 1 aromatic heterocycles. The fourth-order valence-corrected chi connectivity index (χ4v) is 2.87. The molecule has 3 N–H and O–H groups in total. The molecule has 1 heterocycles. The van der Waals surface area contributed by atoms with Crippen molar-refractivity contribution in [2.24, 2.45) is 5.73 Å². The largest absolute Gasteiger partial charge is 0.340 e. The van der Waals surface area contributed by atoms with Crippen LogP contribution in [0, 0.1) is 0 Å². The number of nitrogens with two attached hydrogens (primary N) is 1. The van der Waals surface area contributed by atoms with E-state index in [1.807, 2.05) is 25.1 Å². The number of nitrogens with one attached hydrogen (secondary N) is 1. The van der Waals surface area contributed by atoms with Gasteiger partial charge >= 0.3 is 0 Å². The summed E-state index contributed by atoms with van der Waals surface area (Å²) >= 11 is 9.64. The van der Waals surface area contributed by atoms with Gasteiger partial charge in [0.15, 0.2) is 0 Å². The Morgan fingerprint density at radius 3 is 2.84 bits per heavy atom. The van der Waals surface area contributed by atoms with Crippen molar-refractivity contribution in [2.45, 2.75) is 32.2 Å². The lowest BCUT2D eigenvalue weighted by Crippen LogP contribution is -2.34. The Morgan fingerprint density at radius 1 is 1.47 bits per heavy atom. The van der Waals surface area contributed by atoms with Crippen LogP contribution >= 0.6 is 27.5 Å². The second kappa shape index (κ2) is 5.65. The fourth-order valence-electron chi connectivity index (χ4n) is 2.09. The van der Waals surface area contributed by atoms with E-state index < -0.39 is 5.54 Å². The number of aromatic amines is 1. The molecule has 1 unspecified atom stereocenters. The minimum absolute atomic E-state index is 0.436. The number of imidazole rings is 1. The molecule has 3 nitrogen and oxygen atoms in total. The van der Waals surface area contributed by atoms with Crippen LogP contribution in [0.2, 0.25) is 5.02 Å². The van der Waals surface area contributed by atoms with E-state index in [2.05, 4.69) is 32.8 Å². The van der Waals surface area contributed by atoms with Gasteiger partial charge in [0.25, 0.3) is 0 Å². The standard InChI is InChI=1S/C14H17BrClN3/c1-3-6-14(2,17)13-18-8-12(19-13)10-5-4-9(15)7-11(10)16/h4-5,7-8H,3,6,17H2,1-2H3,(H,18,19). The summed E-state index contributed by atoms with van der Waals surface area (Å²) in [6.07, 6.45) is 3.68. The van der Waals surface area contributed by atoms with E-state index in [4.69, 9.17) is 17.3 Å². The summed E-state index contributed by atoms with van der Waals surface area (Å²) in [7, 11) is 0. The summed E-state index contributed by atoms with van der Waals surface area (Å²) in [4.78, 5) is 7.67. The minimum atomic E-state index is -0.436. The average molecular weight is 343 g/mol. The number of hydrogen-bond donors (Lipinski definition) is 2. The summed E-state index contributed by atoms with van der Waals surface area (Å²) < 4.78 is 0.954. The van der Waals surface area contributed by atoms with Crippen molar-refractivity contribution in [3.63, 3.8) is 0 Å². The van der Waals surface area contributed by atoms with Gasteiger partial charge in [-0.05, 0) is 25.5 Å². The van der Waals surface area contributed by atoms with Crippen LogP contribution in [0.15, 0.2) is 28.9 Å². The maximum absolute atomic E-state index is 6.27. The topological polar surface area (TPSA) is 54.7 Å². The highest BCUT2D eigenvalue weighted by Crippen LogP contribution is 2.31. The number of H-pyrrole nitrogens is 1. The van der Waals surface area contributed by atoms with E-state index >= 15 is 0 Å². The van der Waals surface area contributed by atoms with E-state index in [0.29, 0.717) is 5.02 Å². The lowest BCUT2D eigenvalue weighted by Gasteiger charge is -2.21. The van der Waals surface area contributed by atoms with Crippen LogP contribution in [-0.4, -0.2) is 9.97 Å². The van der Waals surface area contributed by atoms with Gasteiger partial charge < -0.3 is 10.7 Å². The maximum atomic E-state index is 6.27. The predicted molar refractivity (Wildman–Crippen MR) is 83.2 cm³/mol. The third-order valence-electron chi connectivity index (χ3n) is 3.11. The van der Waals surface area contributed by atoms with Crippen molar-refractivity contribution in [2.75, 3.05) is 0 Å². The highest BCUT2D eigenvalue weighted by atomic mass is 79.9. The van der Waals surface area contributed by atoms with Crippen LogP contribution in [-0.2, 0) is 5.54 Å². The van der Waals surface area contributed by atoms with Gasteiger partial charge in [-0.3, -0.25) is 0 Å². The molecule has 0 bridgehead atoms. The van der Waals surface area contributed by atoms with Crippen molar-refractivity contribution in [1.29, 1.82) is 0 Å². The quantitative estimate of drug-likeness (QED) is 0.861. The molecule has 5 heteroatoms. The van der Waals surface area contributed by atoms with Crippen LogP contribution in [0.25, 0.3) is 11.3 Å². The highest BCUT2D eigenvalue weighted by Gasteiger charge is 2.23. The fraction of sp³-hybridized carbons (Fsp3) is 0.357. The van der Waals surface area contributed by atoms with Gasteiger partial charge in [-0.25, -0.2) is 4.98 Å². The van der Waals surface area contributed by atoms with Crippen LogP contribution in [0.1, 0.15) is 32.5 Å². The van der Waals surface area contributed by atoms with Gasteiger partial charge in [-0.15, -0.1) is 0 Å². The van der Waals surface area contributed by atoms with E-state index in [9.17, 15) is 0 Å². The molecule has 0 radical (unpaired) electrons. The number of halogens is 2. The number of hydrogen-bond acceptors (Lipinski definition) is 2. The van der Waals surface area contributed by atoms with Gasteiger partial charge in [-0.1, -0.05) is 46.9 Å². The zero-order valence-electron chi connectivity index (χ0n) is 11.0. The molecule has 0 aliphatic rings. The summed E-state index contributed by atoms with van der Waals surface area (Å²) in [6.45, 7) is 4.10. The third kappa shape index (κ3) is 3.19. The number of benzene rings is 1. The van der Waals surface area contributed by atoms with Crippen molar-refractivity contribution in [3.8, 4) is 11.3 Å². The first-order chi connectivity index (χ1) is 8.94. The molecule has 0 saturated heterocycles. The van der Waals surface area contributed by atoms with Gasteiger partial charge in [-0.2, -0.15) is 0 Å². The maximum Gasteiger partial charge on any atom is 0.126 e. The minimum Gasteiger partial charge on any atom is -0.340 e. The molecule has 102 valence electrons. The molecule has 0 saturated carbocycles. The molecule has 0 aliphatic carbocycles. The molecular formula is C14H17BrClN3. The van der Waals surface area contributed by atoms with E-state index in [1.165, 1.54) is 0 Å². The molecule has 1 atom stereocenters. The average Bonchev–Trinajstić information content (AvgIpc) is 2.78. The van der Waals surface area contributed by atoms with Crippen molar-refractivity contribution >= 4 is 27.5 Å². The Balaban J connectivity index is 2.35. The second-order valence-corrected chi connectivity index (χ2v) is 6.26. The summed E-state index contributed by atoms with van der Waals surface area (Å²) in [5.41, 5.74) is 7.65. The number of aromatic nitrogens is 2. The molecule has 19 heavy (non-hydrogen) atoms. The molecule has 0 fully saturated rings. The third-order valence-corrected chi connectivity index (χ3v) is 3.91. The summed E-state index contributed by atoms with van der Waals surface area (Å²) in [5, 5.41) is 0.679. The Labute approximate surface area is 126 Å². The molecule has 0 spiro atoms. The van der Waals surface area contributed by atoms with Crippen LogP contribution in [0.4, 0.5) is 0 Å². The zero-order chi connectivity index (χ0) is 14.0. The monoisotopic (exact) mass is 341 g/mol. The number of rotatable bonds is 4. The first kappa shape index (κ1) is 14.6. The highest BCUT2D eigenvalue weighted by molar-refractivity contribution is 9.10. The van der Waals surface area contributed by atoms with Gasteiger partial charge in [0.1, 0.15) is 5.82 Å². The van der Waals surface area contributed by atoms with Crippen LogP contribution < -0.4 is 5.73 Å². The smallest absolute Gasteiger partial charge is 0.126 e. The predicted octanol–water partition coefficient (Wildman–Crippen LogP) is 4.47. The molecule has 2 rings (SSSR count). The Morgan fingerprint density at radius 2 is 2.21 bits per heavy atom. The lowest BCUT2D eigenvalue weighted by molar-refractivity contribution is 0.423. The summed E-state index contributed by atoms with van der Waals surface area (Å²) in [5.74, 6) is 0.795. The first-order valence-corrected chi connectivity index (χ1v) is 7.41. The van der Waals surface area contributed by atoms with E-state index in [-0.39, 0.29) is 0 Å². The van der Waals surface area contributed by atoms with E-state index in [0.717, 1.165) is 34.4 Å². The van der Waals surface area contributed by atoms with E-state index in [1.54, 1.807) is 6.20 Å². The Bertz CT molecular complexity index is 578. The van der Waals surface area contributed by atoms with Crippen molar-refractivity contribution in [3.05, 3.63) is 39.7 Å². The number of nitrogens with zero attached hydrogens (tertiary/aromatic N) is 1. The normalized spacial score (nSPS) is 14.4. The second-order valence-electron chi connectivity index (χ2n) is 4.94. The lowest BCUT2D eigenvalue weighted by atomic mass is 9.97. The molecular weight excluding hydrogens is 326 g/mol. The molecule has 1 aromatic carbocycles. The molecule has 0 aliphatic heterocycles. The van der Waals surface area contributed by atoms with Gasteiger partial charge in [0, 0.05) is 10.0 Å². The Kier molecular flexibility index (Phi) is 4.33. The zero-order valence-corrected chi connectivity index (χ0v) is 13.3. The first-order valence-electron chi connectivity index (χ1n) is 6.24. The Hall–Kier alpha value is -0.840. The summed E-state index contributed by atoms with van der Waals surface area (Å²) in [6, 6.07) is 5.78. The van der Waals surface area contributed by atoms with Crippen LogP contribution in [0.5, 0.6) is 0 Å². The molecule has 2 aromatic rings. The van der Waals surface area contributed by atoms with Crippen molar-refractivity contribution < 1.29 is 0 Å². The SMILES string of the molecule is CCCC(C)(N)c1ncc(-c2ccc(Br)cc2Cl)[nH]1.